The third-order valence-electron chi connectivity index (χ3n) is 6.46. The second-order valence-corrected chi connectivity index (χ2v) is 8.76. The van der Waals surface area contributed by atoms with Crippen molar-refractivity contribution in [2.45, 2.75) is 32.1 Å². The van der Waals surface area contributed by atoms with E-state index in [1.807, 2.05) is 0 Å². The molecule has 2 aliphatic heterocycles. The number of anilines is 2. The number of piperidine rings is 1. The number of ether oxygens (including phenoxy) is 1. The fourth-order valence-electron chi connectivity index (χ4n) is 4.74. The molecule has 4 nitrogen and oxygen atoms in total. The average molecular weight is 446 g/mol. The second kappa shape index (κ2) is 9.86. The maximum atomic E-state index is 13.7. The smallest absolute Gasteiger partial charge is 0.162 e. The number of hydrogen-bond acceptors (Lipinski definition) is 4. The standard InChI is InChI=1S/C25H30F3N3O/c1-17(31-9-2-3-19-13-20(26)14-24(29)25(19)31)16-30-10-6-18(7-11-30)8-12-32-21-4-5-22(27)23(28)15-21/h4-5,13-15,18H,1-3,6-12,16,29H2. The van der Waals surface area contributed by atoms with Crippen LogP contribution >= 0.6 is 0 Å². The Morgan fingerprint density at radius 3 is 2.59 bits per heavy atom. The molecular formula is C25H30F3N3O. The molecular weight excluding hydrogens is 415 g/mol. The minimum absolute atomic E-state index is 0.288. The second-order valence-electron chi connectivity index (χ2n) is 8.76. The molecule has 2 heterocycles. The Kier molecular flexibility index (Phi) is 6.94. The number of aryl methyl sites for hydroxylation is 1. The molecule has 0 bridgehead atoms. The molecule has 32 heavy (non-hydrogen) atoms. The summed E-state index contributed by atoms with van der Waals surface area (Å²) < 4.78 is 45.6. The van der Waals surface area contributed by atoms with Crippen molar-refractivity contribution in [1.82, 2.24) is 4.90 Å². The Balaban J connectivity index is 1.24. The predicted molar refractivity (Wildman–Crippen MR) is 121 cm³/mol. The number of nitrogens with two attached hydrogens (primary N) is 1. The number of hydrogen-bond donors (Lipinski definition) is 1. The molecule has 0 spiro atoms. The van der Waals surface area contributed by atoms with Crippen molar-refractivity contribution < 1.29 is 17.9 Å². The molecule has 2 N–H and O–H groups in total. The first kappa shape index (κ1) is 22.5. The summed E-state index contributed by atoms with van der Waals surface area (Å²) in [5, 5.41) is 0. The number of fused-ring (bicyclic) bond motifs is 1. The first-order valence-corrected chi connectivity index (χ1v) is 11.2. The van der Waals surface area contributed by atoms with Gasteiger partial charge in [-0.1, -0.05) is 6.58 Å². The summed E-state index contributed by atoms with van der Waals surface area (Å²) in [6.07, 6.45) is 4.78. The minimum Gasteiger partial charge on any atom is -0.493 e. The molecule has 2 aliphatic rings. The van der Waals surface area contributed by atoms with Crippen LogP contribution in [-0.2, 0) is 6.42 Å². The van der Waals surface area contributed by atoms with E-state index < -0.39 is 11.6 Å². The van der Waals surface area contributed by atoms with Gasteiger partial charge in [-0.3, -0.25) is 4.90 Å². The Labute approximate surface area is 187 Å². The highest BCUT2D eigenvalue weighted by molar-refractivity contribution is 5.75. The van der Waals surface area contributed by atoms with Crippen molar-refractivity contribution in [3.8, 4) is 5.75 Å². The van der Waals surface area contributed by atoms with Crippen LogP contribution in [0.4, 0.5) is 24.5 Å². The molecule has 0 atom stereocenters. The molecule has 0 aromatic heterocycles. The van der Waals surface area contributed by atoms with E-state index in [4.69, 9.17) is 10.5 Å². The summed E-state index contributed by atoms with van der Waals surface area (Å²) in [5.41, 5.74) is 9.46. The molecule has 172 valence electrons. The van der Waals surface area contributed by atoms with Gasteiger partial charge < -0.3 is 15.4 Å². The summed E-state index contributed by atoms with van der Waals surface area (Å²) in [7, 11) is 0. The van der Waals surface area contributed by atoms with E-state index in [0.29, 0.717) is 24.0 Å². The average Bonchev–Trinajstić information content (AvgIpc) is 2.76. The zero-order valence-corrected chi connectivity index (χ0v) is 18.3. The SMILES string of the molecule is C=C(CN1CCC(CCOc2ccc(F)c(F)c2)CC1)N1CCCc2cc(F)cc(N)c21. The summed E-state index contributed by atoms with van der Waals surface area (Å²) in [6, 6.07) is 6.59. The Morgan fingerprint density at radius 2 is 1.84 bits per heavy atom. The number of nitrogen functional groups attached to an aromatic ring is 1. The van der Waals surface area contributed by atoms with E-state index in [-0.39, 0.29) is 5.82 Å². The molecule has 4 rings (SSSR count). The largest absolute Gasteiger partial charge is 0.493 e. The number of likely N-dealkylation sites (tertiary alicyclic amines) is 1. The van der Waals surface area contributed by atoms with Gasteiger partial charge in [0.05, 0.1) is 18.0 Å². The van der Waals surface area contributed by atoms with Crippen LogP contribution in [0.5, 0.6) is 5.75 Å². The topological polar surface area (TPSA) is 41.7 Å². The van der Waals surface area contributed by atoms with Gasteiger partial charge in [-0.25, -0.2) is 13.2 Å². The Bertz CT molecular complexity index is 973. The third-order valence-corrected chi connectivity index (χ3v) is 6.46. The van der Waals surface area contributed by atoms with Gasteiger partial charge in [-0.15, -0.1) is 0 Å². The lowest BCUT2D eigenvalue weighted by atomic mass is 9.93. The van der Waals surface area contributed by atoms with Gasteiger partial charge in [0, 0.05) is 24.9 Å². The van der Waals surface area contributed by atoms with Gasteiger partial charge in [0.2, 0.25) is 0 Å². The van der Waals surface area contributed by atoms with E-state index in [1.54, 1.807) is 6.07 Å². The molecule has 2 aromatic rings. The molecule has 1 saturated heterocycles. The van der Waals surface area contributed by atoms with Crippen molar-refractivity contribution >= 4 is 11.4 Å². The maximum absolute atomic E-state index is 13.7. The van der Waals surface area contributed by atoms with Crippen LogP contribution in [0.1, 0.15) is 31.2 Å². The van der Waals surface area contributed by atoms with Crippen LogP contribution in [0.3, 0.4) is 0 Å². The molecule has 0 radical (unpaired) electrons. The zero-order valence-electron chi connectivity index (χ0n) is 18.3. The van der Waals surface area contributed by atoms with Gasteiger partial charge in [0.15, 0.2) is 11.6 Å². The van der Waals surface area contributed by atoms with Crippen molar-refractivity contribution in [3.63, 3.8) is 0 Å². The molecule has 0 unspecified atom stereocenters. The Morgan fingerprint density at radius 1 is 1.06 bits per heavy atom. The summed E-state index contributed by atoms with van der Waals surface area (Å²) in [4.78, 5) is 4.54. The molecule has 0 saturated carbocycles. The quantitative estimate of drug-likeness (QED) is 0.600. The van der Waals surface area contributed by atoms with Gasteiger partial charge in [-0.05, 0) is 80.9 Å². The van der Waals surface area contributed by atoms with Gasteiger partial charge in [-0.2, -0.15) is 0 Å². The van der Waals surface area contributed by atoms with E-state index in [1.165, 1.54) is 12.1 Å². The van der Waals surface area contributed by atoms with E-state index >= 15 is 0 Å². The first-order chi connectivity index (χ1) is 15.4. The zero-order chi connectivity index (χ0) is 22.7. The molecule has 0 amide bonds. The number of halogens is 3. The maximum Gasteiger partial charge on any atom is 0.162 e. The lowest BCUT2D eigenvalue weighted by molar-refractivity contribution is 0.172. The van der Waals surface area contributed by atoms with Gasteiger partial charge in [0.25, 0.3) is 0 Å². The van der Waals surface area contributed by atoms with Crippen molar-refractivity contribution in [2.24, 2.45) is 5.92 Å². The normalized spacial score (nSPS) is 17.3. The monoisotopic (exact) mass is 445 g/mol. The molecule has 1 fully saturated rings. The lowest BCUT2D eigenvalue weighted by Gasteiger charge is -2.38. The van der Waals surface area contributed by atoms with Gasteiger partial charge in [0.1, 0.15) is 11.6 Å². The van der Waals surface area contributed by atoms with Gasteiger partial charge >= 0.3 is 0 Å². The number of rotatable bonds is 7. The highest BCUT2D eigenvalue weighted by Gasteiger charge is 2.25. The van der Waals surface area contributed by atoms with Crippen molar-refractivity contribution in [1.29, 1.82) is 0 Å². The van der Waals surface area contributed by atoms with Crippen molar-refractivity contribution in [2.75, 3.05) is 43.4 Å². The third kappa shape index (κ3) is 5.21. The van der Waals surface area contributed by atoms with Crippen LogP contribution in [0.25, 0.3) is 0 Å². The number of benzene rings is 2. The predicted octanol–water partition coefficient (Wildman–Crippen LogP) is 5.13. The highest BCUT2D eigenvalue weighted by atomic mass is 19.2. The van der Waals surface area contributed by atoms with E-state index in [2.05, 4.69) is 16.4 Å². The summed E-state index contributed by atoms with van der Waals surface area (Å²) in [5.74, 6) is -1.14. The molecule has 0 aliphatic carbocycles. The number of nitrogens with zero attached hydrogens (tertiary/aromatic N) is 2. The van der Waals surface area contributed by atoms with Crippen LogP contribution < -0.4 is 15.4 Å². The minimum atomic E-state index is -0.890. The fourth-order valence-corrected chi connectivity index (χ4v) is 4.74. The summed E-state index contributed by atoms with van der Waals surface area (Å²) >= 11 is 0. The van der Waals surface area contributed by atoms with Crippen LogP contribution in [0.15, 0.2) is 42.6 Å². The highest BCUT2D eigenvalue weighted by Crippen LogP contribution is 2.36. The van der Waals surface area contributed by atoms with Crippen molar-refractivity contribution in [3.05, 3.63) is 65.6 Å². The first-order valence-electron chi connectivity index (χ1n) is 11.2. The van der Waals surface area contributed by atoms with Crippen LogP contribution in [0, 0.1) is 23.4 Å². The lowest BCUT2D eigenvalue weighted by Crippen LogP contribution is -2.40. The van der Waals surface area contributed by atoms with Crippen LogP contribution in [-0.4, -0.2) is 37.7 Å². The summed E-state index contributed by atoms with van der Waals surface area (Å²) in [6.45, 7) is 8.34. The van der Waals surface area contributed by atoms with E-state index in [9.17, 15) is 13.2 Å². The fraction of sp³-hybridized carbons (Fsp3) is 0.440. The molecule has 2 aromatic carbocycles. The molecule has 7 heteroatoms. The van der Waals surface area contributed by atoms with Crippen LogP contribution in [0.2, 0.25) is 0 Å². The Hall–Kier alpha value is -2.67. The van der Waals surface area contributed by atoms with E-state index in [0.717, 1.165) is 87.4 Å².